The van der Waals surface area contributed by atoms with Crippen molar-refractivity contribution >= 4 is 0 Å². The van der Waals surface area contributed by atoms with E-state index >= 15 is 0 Å². The highest BCUT2D eigenvalue weighted by atomic mass is 16.5. The Bertz CT molecular complexity index is 193. The molecule has 2 heteroatoms. The maximum atomic E-state index is 5.31. The van der Waals surface area contributed by atoms with E-state index < -0.39 is 0 Å². The highest BCUT2D eigenvalue weighted by Crippen LogP contribution is 2.21. The lowest BCUT2D eigenvalue weighted by Crippen LogP contribution is -2.21. The van der Waals surface area contributed by atoms with Crippen molar-refractivity contribution in [2.75, 3.05) is 13.3 Å². The Morgan fingerprint density at radius 3 is 3.40 bits per heavy atom. The van der Waals surface area contributed by atoms with Crippen LogP contribution in [0.1, 0.15) is 12.8 Å². The molecular formula is C8H10NO. The van der Waals surface area contributed by atoms with E-state index in [4.69, 9.17) is 4.74 Å². The number of rotatable bonds is 0. The van der Waals surface area contributed by atoms with Crippen LogP contribution in [-0.4, -0.2) is 13.3 Å². The predicted molar refractivity (Wildman–Crippen MR) is 38.4 cm³/mol. The van der Waals surface area contributed by atoms with Crippen molar-refractivity contribution in [3.63, 3.8) is 0 Å². The van der Waals surface area contributed by atoms with E-state index in [1.54, 1.807) is 0 Å². The molecular weight excluding hydrogens is 126 g/mol. The summed E-state index contributed by atoms with van der Waals surface area (Å²) in [5, 5.41) is 4.15. The largest absolute Gasteiger partial charge is 0.477 e. The van der Waals surface area contributed by atoms with Crippen LogP contribution < -0.4 is 5.32 Å². The van der Waals surface area contributed by atoms with Gasteiger partial charge in [0.15, 0.2) is 6.73 Å². The molecule has 2 nitrogen and oxygen atoms in total. The minimum Gasteiger partial charge on any atom is -0.477 e. The molecule has 2 aliphatic rings. The molecule has 1 radical (unpaired) electrons. The normalized spacial score (nSPS) is 24.0. The number of nitrogens with zero attached hydrogens (tertiary/aromatic N) is 1. The van der Waals surface area contributed by atoms with Crippen LogP contribution in [0.2, 0.25) is 0 Å². The SMILES string of the molecule is C1=CC2=C(CC1)C[N]CO2. The van der Waals surface area contributed by atoms with Crippen LogP contribution in [0, 0.1) is 0 Å². The van der Waals surface area contributed by atoms with Gasteiger partial charge in [-0.1, -0.05) is 6.08 Å². The van der Waals surface area contributed by atoms with Crippen molar-refractivity contribution in [3.8, 4) is 0 Å². The van der Waals surface area contributed by atoms with Gasteiger partial charge in [0.1, 0.15) is 5.76 Å². The van der Waals surface area contributed by atoms with Crippen molar-refractivity contribution in [2.24, 2.45) is 0 Å². The van der Waals surface area contributed by atoms with Crippen LogP contribution in [0.15, 0.2) is 23.5 Å². The second-order valence-corrected chi connectivity index (χ2v) is 2.56. The van der Waals surface area contributed by atoms with E-state index in [0.29, 0.717) is 6.73 Å². The molecule has 0 saturated heterocycles. The molecule has 0 aromatic carbocycles. The third-order valence-corrected chi connectivity index (χ3v) is 1.84. The van der Waals surface area contributed by atoms with E-state index in [1.807, 2.05) is 0 Å². The van der Waals surface area contributed by atoms with Gasteiger partial charge in [-0.2, -0.15) is 5.32 Å². The van der Waals surface area contributed by atoms with E-state index in [9.17, 15) is 0 Å². The zero-order valence-electron chi connectivity index (χ0n) is 5.84. The standard InChI is InChI=1S/C8H10NO/c1-2-4-8-7(3-1)5-9-6-10-8/h2,4H,1,3,5-6H2. The molecule has 10 heavy (non-hydrogen) atoms. The molecule has 1 heterocycles. The van der Waals surface area contributed by atoms with Crippen LogP contribution in [0.5, 0.6) is 0 Å². The summed E-state index contributed by atoms with van der Waals surface area (Å²) >= 11 is 0. The maximum Gasteiger partial charge on any atom is 0.154 e. The molecule has 0 atom stereocenters. The highest BCUT2D eigenvalue weighted by Gasteiger charge is 2.13. The van der Waals surface area contributed by atoms with Gasteiger partial charge >= 0.3 is 0 Å². The smallest absolute Gasteiger partial charge is 0.154 e. The average Bonchev–Trinajstić information content (AvgIpc) is 2.05. The molecule has 53 valence electrons. The van der Waals surface area contributed by atoms with Crippen LogP contribution >= 0.6 is 0 Å². The van der Waals surface area contributed by atoms with Crippen molar-refractivity contribution in [1.29, 1.82) is 0 Å². The molecule has 0 aromatic heterocycles. The quantitative estimate of drug-likeness (QED) is 0.490. The predicted octanol–water partition coefficient (Wildman–Crippen LogP) is 1.18. The maximum absolute atomic E-state index is 5.31. The Kier molecular flexibility index (Phi) is 1.47. The molecule has 0 aromatic rings. The summed E-state index contributed by atoms with van der Waals surface area (Å²) in [5.41, 5.74) is 1.37. The Hall–Kier alpha value is -0.760. The van der Waals surface area contributed by atoms with E-state index in [2.05, 4.69) is 17.5 Å². The summed E-state index contributed by atoms with van der Waals surface area (Å²) in [7, 11) is 0. The number of allylic oxidation sites excluding steroid dienone is 2. The van der Waals surface area contributed by atoms with Gasteiger partial charge in [0.2, 0.25) is 0 Å². The monoisotopic (exact) mass is 136 g/mol. The molecule has 0 N–H and O–H groups in total. The van der Waals surface area contributed by atoms with Gasteiger partial charge in [-0.3, -0.25) is 0 Å². The first-order valence-electron chi connectivity index (χ1n) is 3.61. The lowest BCUT2D eigenvalue weighted by Gasteiger charge is -2.20. The lowest BCUT2D eigenvalue weighted by atomic mass is 10.0. The Morgan fingerprint density at radius 1 is 1.50 bits per heavy atom. The Balaban J connectivity index is 2.23. The van der Waals surface area contributed by atoms with Gasteiger partial charge in [-0.25, -0.2) is 0 Å². The number of hydrogen-bond acceptors (Lipinski definition) is 1. The minimum atomic E-state index is 0.545. The summed E-state index contributed by atoms with van der Waals surface area (Å²) in [6.45, 7) is 1.43. The summed E-state index contributed by atoms with van der Waals surface area (Å²) in [6.07, 6.45) is 6.50. The van der Waals surface area contributed by atoms with Crippen LogP contribution in [0.3, 0.4) is 0 Å². The van der Waals surface area contributed by atoms with Gasteiger partial charge in [0.25, 0.3) is 0 Å². The van der Waals surface area contributed by atoms with Crippen molar-refractivity contribution in [1.82, 2.24) is 5.32 Å². The van der Waals surface area contributed by atoms with Crippen molar-refractivity contribution < 1.29 is 4.74 Å². The van der Waals surface area contributed by atoms with Gasteiger partial charge in [-0.05, 0) is 24.5 Å². The van der Waals surface area contributed by atoms with E-state index in [1.165, 1.54) is 5.57 Å². The fourth-order valence-electron chi connectivity index (χ4n) is 1.29. The lowest BCUT2D eigenvalue weighted by molar-refractivity contribution is 0.176. The molecule has 0 spiro atoms. The van der Waals surface area contributed by atoms with E-state index in [-0.39, 0.29) is 0 Å². The van der Waals surface area contributed by atoms with Crippen molar-refractivity contribution in [3.05, 3.63) is 23.5 Å². The third kappa shape index (κ3) is 0.948. The summed E-state index contributed by atoms with van der Waals surface area (Å²) in [6, 6.07) is 0. The summed E-state index contributed by atoms with van der Waals surface area (Å²) in [5.74, 6) is 1.07. The van der Waals surface area contributed by atoms with Crippen LogP contribution in [0.4, 0.5) is 0 Å². The topological polar surface area (TPSA) is 23.3 Å². The molecule has 1 aliphatic heterocycles. The summed E-state index contributed by atoms with van der Waals surface area (Å²) < 4.78 is 5.31. The second kappa shape index (κ2) is 2.46. The molecule has 0 bridgehead atoms. The van der Waals surface area contributed by atoms with Crippen LogP contribution in [-0.2, 0) is 4.74 Å². The molecule has 1 aliphatic carbocycles. The fourth-order valence-corrected chi connectivity index (χ4v) is 1.29. The van der Waals surface area contributed by atoms with Gasteiger partial charge in [0.05, 0.1) is 0 Å². The van der Waals surface area contributed by atoms with E-state index in [0.717, 1.165) is 25.1 Å². The molecule has 2 rings (SSSR count). The Morgan fingerprint density at radius 2 is 2.50 bits per heavy atom. The average molecular weight is 136 g/mol. The molecule has 0 amide bonds. The zero-order chi connectivity index (χ0) is 6.81. The first kappa shape index (κ1) is 5.98. The highest BCUT2D eigenvalue weighted by molar-refractivity contribution is 5.26. The van der Waals surface area contributed by atoms with Crippen molar-refractivity contribution in [2.45, 2.75) is 12.8 Å². The second-order valence-electron chi connectivity index (χ2n) is 2.56. The first-order valence-corrected chi connectivity index (χ1v) is 3.61. The molecule has 0 fully saturated rings. The number of ether oxygens (including phenoxy) is 1. The number of hydrogen-bond donors (Lipinski definition) is 0. The third-order valence-electron chi connectivity index (χ3n) is 1.84. The summed E-state index contributed by atoms with van der Waals surface area (Å²) in [4.78, 5) is 0. The molecule has 0 saturated carbocycles. The first-order chi connectivity index (χ1) is 4.97. The fraction of sp³-hybridized carbons (Fsp3) is 0.500. The van der Waals surface area contributed by atoms with Gasteiger partial charge in [-0.15, -0.1) is 0 Å². The van der Waals surface area contributed by atoms with Crippen LogP contribution in [0.25, 0.3) is 0 Å². The minimum absolute atomic E-state index is 0.545. The Labute approximate surface area is 60.6 Å². The van der Waals surface area contributed by atoms with Gasteiger partial charge in [0, 0.05) is 6.54 Å². The molecule has 0 unspecified atom stereocenters. The zero-order valence-corrected chi connectivity index (χ0v) is 5.84. The van der Waals surface area contributed by atoms with Gasteiger partial charge < -0.3 is 4.74 Å².